The van der Waals surface area contributed by atoms with E-state index in [2.05, 4.69) is 32.7 Å². The zero-order valence-corrected chi connectivity index (χ0v) is 25.1. The van der Waals surface area contributed by atoms with Gasteiger partial charge in [0.15, 0.2) is 0 Å². The molecule has 0 radical (unpaired) electrons. The molecule has 1 aliphatic rings. The van der Waals surface area contributed by atoms with E-state index in [1.807, 2.05) is 19.1 Å². The van der Waals surface area contributed by atoms with Crippen molar-refractivity contribution in [3.8, 4) is 11.3 Å². The highest BCUT2D eigenvalue weighted by Gasteiger charge is 2.47. The fraction of sp³-hybridized carbons (Fsp3) is 0.444. The van der Waals surface area contributed by atoms with Crippen LogP contribution in [0.4, 0.5) is 17.6 Å². The maximum Gasteiger partial charge on any atom is 0.397 e. The van der Waals surface area contributed by atoms with Crippen LogP contribution in [0.2, 0.25) is 0 Å². The van der Waals surface area contributed by atoms with Crippen LogP contribution in [0.5, 0.6) is 0 Å². The lowest BCUT2D eigenvalue weighted by Gasteiger charge is -2.35. The van der Waals surface area contributed by atoms with Gasteiger partial charge < -0.3 is 0 Å². The third-order valence-electron chi connectivity index (χ3n) is 9.17. The molecule has 0 spiro atoms. The van der Waals surface area contributed by atoms with Crippen molar-refractivity contribution >= 4 is 10.9 Å². The average Bonchev–Trinajstić information content (AvgIpc) is 3.79. The molecule has 4 aromatic rings. The minimum absolute atomic E-state index is 0.000622. The number of aromatic nitrogens is 2. The quantitative estimate of drug-likeness (QED) is 0.176. The fourth-order valence-electron chi connectivity index (χ4n) is 6.52. The first kappa shape index (κ1) is 30.2. The number of fused-ring (bicyclic) bond motifs is 1. The Morgan fingerprint density at radius 1 is 0.976 bits per heavy atom. The van der Waals surface area contributed by atoms with Gasteiger partial charge in [-0.2, -0.15) is 13.2 Å². The van der Waals surface area contributed by atoms with E-state index in [1.54, 1.807) is 36.5 Å². The second-order valence-electron chi connectivity index (χ2n) is 12.4. The predicted molar refractivity (Wildman–Crippen MR) is 162 cm³/mol. The summed E-state index contributed by atoms with van der Waals surface area (Å²) < 4.78 is 59.9. The summed E-state index contributed by atoms with van der Waals surface area (Å²) in [6, 6.07) is 15.0. The summed E-state index contributed by atoms with van der Waals surface area (Å²) in [6.45, 7) is 10.6. The highest BCUT2D eigenvalue weighted by Crippen LogP contribution is 2.53. The molecular formula is C36H40F4N2. The topological polar surface area (TPSA) is 25.8 Å². The van der Waals surface area contributed by atoms with Crippen LogP contribution >= 0.6 is 0 Å². The van der Waals surface area contributed by atoms with Crippen molar-refractivity contribution in [1.29, 1.82) is 0 Å². The molecule has 2 heterocycles. The van der Waals surface area contributed by atoms with Gasteiger partial charge in [-0.1, -0.05) is 46.2 Å². The Morgan fingerprint density at radius 3 is 2.31 bits per heavy atom. The molecule has 2 nitrogen and oxygen atoms in total. The molecular weight excluding hydrogens is 536 g/mol. The van der Waals surface area contributed by atoms with E-state index < -0.39 is 12.1 Å². The number of pyridine rings is 2. The molecule has 222 valence electrons. The first-order valence-corrected chi connectivity index (χ1v) is 15.2. The molecule has 2 aromatic carbocycles. The summed E-state index contributed by atoms with van der Waals surface area (Å²) in [5.74, 6) is -1.30. The number of benzene rings is 2. The van der Waals surface area contributed by atoms with Gasteiger partial charge in [-0.25, -0.2) is 4.39 Å². The van der Waals surface area contributed by atoms with Crippen molar-refractivity contribution < 1.29 is 17.6 Å². The molecule has 6 heteroatoms. The van der Waals surface area contributed by atoms with E-state index in [1.165, 1.54) is 12.1 Å². The van der Waals surface area contributed by atoms with E-state index in [9.17, 15) is 4.39 Å². The van der Waals surface area contributed by atoms with Crippen molar-refractivity contribution in [2.24, 2.45) is 17.8 Å². The zero-order chi connectivity index (χ0) is 30.2. The number of hydrogen-bond acceptors (Lipinski definition) is 2. The van der Waals surface area contributed by atoms with Crippen molar-refractivity contribution in [3.05, 3.63) is 94.6 Å². The molecule has 0 N–H and O–H groups in total. The van der Waals surface area contributed by atoms with E-state index in [-0.39, 0.29) is 29.8 Å². The summed E-state index contributed by atoms with van der Waals surface area (Å²) in [4.78, 5) is 9.30. The Bertz CT molecular complexity index is 1540. The molecule has 0 amide bonds. The monoisotopic (exact) mass is 576 g/mol. The SMILES string of the molecule is CCCc1c(C)c(-c2ccc(F)cc2)nc(C(Cc2ccc3ncccc3c2)C(F)(F)F)c1[C@@H](C1CC1)C(C)C(C)C. The van der Waals surface area contributed by atoms with E-state index in [0.29, 0.717) is 35.1 Å². The Morgan fingerprint density at radius 2 is 1.69 bits per heavy atom. The van der Waals surface area contributed by atoms with Gasteiger partial charge in [-0.3, -0.25) is 9.97 Å². The van der Waals surface area contributed by atoms with Gasteiger partial charge >= 0.3 is 6.18 Å². The molecule has 2 aromatic heterocycles. The smallest absolute Gasteiger partial charge is 0.256 e. The minimum atomic E-state index is -4.51. The molecule has 1 aliphatic carbocycles. The summed E-state index contributed by atoms with van der Waals surface area (Å²) in [5.41, 5.74) is 5.36. The third-order valence-corrected chi connectivity index (χ3v) is 9.17. The highest BCUT2D eigenvalue weighted by molar-refractivity contribution is 5.79. The Kier molecular flexibility index (Phi) is 8.73. The van der Waals surface area contributed by atoms with Gasteiger partial charge in [-0.15, -0.1) is 0 Å². The summed E-state index contributed by atoms with van der Waals surface area (Å²) in [6.07, 6.45) is 0.495. The number of rotatable bonds is 10. The van der Waals surface area contributed by atoms with Gasteiger partial charge in [0.1, 0.15) is 11.7 Å². The number of halogens is 4. The largest absolute Gasteiger partial charge is 0.397 e. The number of hydrogen-bond donors (Lipinski definition) is 0. The molecule has 3 atom stereocenters. The van der Waals surface area contributed by atoms with Gasteiger partial charge in [0.05, 0.1) is 16.9 Å². The third kappa shape index (κ3) is 6.23. The maximum absolute atomic E-state index is 15.3. The Hall–Kier alpha value is -3.28. The second kappa shape index (κ2) is 12.1. The molecule has 0 aliphatic heterocycles. The second-order valence-corrected chi connectivity index (χ2v) is 12.4. The van der Waals surface area contributed by atoms with Crippen molar-refractivity contribution in [3.63, 3.8) is 0 Å². The molecule has 0 bridgehead atoms. The molecule has 1 saturated carbocycles. The normalized spacial score (nSPS) is 16.1. The van der Waals surface area contributed by atoms with Crippen LogP contribution in [0.25, 0.3) is 22.2 Å². The van der Waals surface area contributed by atoms with Gasteiger partial charge in [-0.05, 0) is 121 Å². The lowest BCUT2D eigenvalue weighted by molar-refractivity contribution is -0.151. The standard InChI is InChI=1S/C36H40F4N2/c1-6-8-29-23(5)34(26-13-15-28(37)16-14-26)42-35(33(29)32(25-11-12-25)22(4)21(2)3)30(36(38,39)40)20-24-10-17-31-27(19-24)9-7-18-41-31/h7,9-10,13-19,21-22,25,30,32H,6,8,11-12,20H2,1-5H3/t22?,30?,32-/m1/s1. The van der Waals surface area contributed by atoms with Crippen LogP contribution in [0, 0.1) is 30.5 Å². The molecule has 5 rings (SSSR count). The first-order chi connectivity index (χ1) is 20.0. The Balaban J connectivity index is 1.78. The van der Waals surface area contributed by atoms with Crippen molar-refractivity contribution in [2.45, 2.75) is 84.7 Å². The van der Waals surface area contributed by atoms with Crippen molar-refractivity contribution in [2.75, 3.05) is 0 Å². The first-order valence-electron chi connectivity index (χ1n) is 15.2. The minimum Gasteiger partial charge on any atom is -0.256 e. The lowest BCUT2D eigenvalue weighted by Crippen LogP contribution is -2.29. The zero-order valence-electron chi connectivity index (χ0n) is 25.1. The predicted octanol–water partition coefficient (Wildman–Crippen LogP) is 10.4. The summed E-state index contributed by atoms with van der Waals surface area (Å²) >= 11 is 0. The van der Waals surface area contributed by atoms with E-state index in [4.69, 9.17) is 4.98 Å². The van der Waals surface area contributed by atoms with Crippen molar-refractivity contribution in [1.82, 2.24) is 9.97 Å². The average molecular weight is 577 g/mol. The van der Waals surface area contributed by atoms with Crippen LogP contribution in [-0.2, 0) is 12.8 Å². The van der Waals surface area contributed by atoms with E-state index >= 15 is 13.2 Å². The number of alkyl halides is 3. The molecule has 42 heavy (non-hydrogen) atoms. The van der Waals surface area contributed by atoms with Crippen LogP contribution in [0.1, 0.15) is 86.7 Å². The fourth-order valence-corrected chi connectivity index (χ4v) is 6.52. The van der Waals surface area contributed by atoms with Gasteiger partial charge in [0, 0.05) is 17.1 Å². The number of nitrogens with zero attached hydrogens (tertiary/aromatic N) is 2. The molecule has 2 unspecified atom stereocenters. The van der Waals surface area contributed by atoms with Crippen LogP contribution < -0.4 is 0 Å². The van der Waals surface area contributed by atoms with Gasteiger partial charge in [0.25, 0.3) is 0 Å². The van der Waals surface area contributed by atoms with Crippen LogP contribution in [-0.4, -0.2) is 16.1 Å². The maximum atomic E-state index is 15.3. The summed E-state index contributed by atoms with van der Waals surface area (Å²) in [7, 11) is 0. The highest BCUT2D eigenvalue weighted by atomic mass is 19.4. The molecule has 0 saturated heterocycles. The van der Waals surface area contributed by atoms with Gasteiger partial charge in [0.2, 0.25) is 0 Å². The Labute approximate surface area is 246 Å². The van der Waals surface area contributed by atoms with E-state index in [0.717, 1.165) is 46.9 Å². The van der Waals surface area contributed by atoms with Crippen LogP contribution in [0.15, 0.2) is 60.8 Å². The molecule has 1 fully saturated rings. The lowest BCUT2D eigenvalue weighted by atomic mass is 9.72. The van der Waals surface area contributed by atoms with Crippen LogP contribution in [0.3, 0.4) is 0 Å². The summed E-state index contributed by atoms with van der Waals surface area (Å²) in [5, 5.41) is 0.816.